The van der Waals surface area contributed by atoms with E-state index >= 15 is 0 Å². The Morgan fingerprint density at radius 2 is 1.93 bits per heavy atom. The van der Waals surface area contributed by atoms with Crippen molar-refractivity contribution in [2.75, 3.05) is 0 Å². The summed E-state index contributed by atoms with van der Waals surface area (Å²) in [4.78, 5) is 40.5. The number of aryl methyl sites for hydroxylation is 1. The van der Waals surface area contributed by atoms with Gasteiger partial charge in [-0.25, -0.2) is 15.0 Å². The Kier molecular flexibility index (Phi) is 4.20. The van der Waals surface area contributed by atoms with E-state index in [0.29, 0.717) is 41.3 Å². The number of aromatic nitrogens is 5. The van der Waals surface area contributed by atoms with Crippen LogP contribution in [0.25, 0.3) is 11.2 Å². The van der Waals surface area contributed by atoms with Gasteiger partial charge in [-0.05, 0) is 18.6 Å². The maximum atomic E-state index is 13.1. The minimum absolute atomic E-state index is 0.0963. The molecule has 0 bridgehead atoms. The summed E-state index contributed by atoms with van der Waals surface area (Å²) in [6.07, 6.45) is 3.31. The zero-order valence-corrected chi connectivity index (χ0v) is 16.7. The van der Waals surface area contributed by atoms with Gasteiger partial charge in [-0.1, -0.05) is 30.3 Å². The number of fused-ring (bicyclic) bond motifs is 2. The van der Waals surface area contributed by atoms with Crippen LogP contribution in [0.5, 0.6) is 0 Å². The third kappa shape index (κ3) is 2.97. The van der Waals surface area contributed by atoms with Gasteiger partial charge < -0.3 is 9.47 Å². The molecule has 1 aliphatic rings. The number of nitrogens with zero attached hydrogens (tertiary/aromatic N) is 6. The second kappa shape index (κ2) is 6.91. The second-order valence-electron chi connectivity index (χ2n) is 7.53. The first-order valence-electron chi connectivity index (χ1n) is 9.70. The first-order chi connectivity index (χ1) is 14.5. The van der Waals surface area contributed by atoms with Crippen LogP contribution in [0.2, 0.25) is 0 Å². The number of rotatable bonds is 3. The number of carbonyl (C=O) groups excluding carboxylic acids is 1. The number of pyridine rings is 1. The molecule has 4 aromatic rings. The average Bonchev–Trinajstić information content (AvgIpc) is 3.36. The van der Waals surface area contributed by atoms with Crippen LogP contribution in [0.15, 0.2) is 53.7 Å². The van der Waals surface area contributed by atoms with Crippen molar-refractivity contribution in [2.24, 2.45) is 7.05 Å². The Morgan fingerprint density at radius 1 is 1.13 bits per heavy atom. The van der Waals surface area contributed by atoms with E-state index < -0.39 is 0 Å². The fourth-order valence-electron chi connectivity index (χ4n) is 3.82. The van der Waals surface area contributed by atoms with Crippen molar-refractivity contribution in [1.82, 2.24) is 29.0 Å². The summed E-state index contributed by atoms with van der Waals surface area (Å²) in [7, 11) is 1.69. The molecule has 150 valence electrons. The summed E-state index contributed by atoms with van der Waals surface area (Å²) < 4.78 is 3.47. The Morgan fingerprint density at radius 3 is 2.73 bits per heavy atom. The van der Waals surface area contributed by atoms with Crippen LogP contribution >= 0.6 is 0 Å². The molecule has 4 heterocycles. The minimum Gasteiger partial charge on any atom is -0.328 e. The molecule has 0 fully saturated rings. The maximum Gasteiger partial charge on any atom is 0.258 e. The van der Waals surface area contributed by atoms with E-state index in [-0.39, 0.29) is 18.0 Å². The van der Waals surface area contributed by atoms with Crippen LogP contribution in [0, 0.1) is 6.92 Å². The first-order valence-corrected chi connectivity index (χ1v) is 9.70. The topological polar surface area (TPSA) is 85.9 Å². The second-order valence-corrected chi connectivity index (χ2v) is 7.53. The lowest BCUT2D eigenvalue weighted by Crippen LogP contribution is -2.27. The van der Waals surface area contributed by atoms with Crippen molar-refractivity contribution in [3.8, 4) is 0 Å². The van der Waals surface area contributed by atoms with Crippen molar-refractivity contribution in [2.45, 2.75) is 26.6 Å². The third-order valence-corrected chi connectivity index (χ3v) is 5.57. The highest BCUT2D eigenvalue weighted by Gasteiger charge is 2.29. The molecule has 30 heavy (non-hydrogen) atoms. The smallest absolute Gasteiger partial charge is 0.258 e. The van der Waals surface area contributed by atoms with Gasteiger partial charge in [0, 0.05) is 13.2 Å². The van der Waals surface area contributed by atoms with E-state index in [9.17, 15) is 9.59 Å². The lowest BCUT2D eigenvalue weighted by Gasteiger charge is -2.14. The van der Waals surface area contributed by atoms with Gasteiger partial charge in [-0.15, -0.1) is 0 Å². The highest BCUT2D eigenvalue weighted by atomic mass is 16.2. The highest BCUT2D eigenvalue weighted by Crippen LogP contribution is 2.22. The lowest BCUT2D eigenvalue weighted by molar-refractivity contribution is 0.0750. The fourth-order valence-corrected chi connectivity index (χ4v) is 3.82. The molecule has 1 amide bonds. The molecule has 0 N–H and O–H groups in total. The summed E-state index contributed by atoms with van der Waals surface area (Å²) in [5.41, 5.74) is 4.15. The first kappa shape index (κ1) is 18.2. The summed E-state index contributed by atoms with van der Waals surface area (Å²) in [6, 6.07) is 11.8. The molecular formula is C22H20N6O2. The Labute approximate surface area is 172 Å². The molecule has 5 rings (SSSR count). The number of imidazole rings is 1. The standard InChI is InChI=1S/C22H20N6O2/c1-14-25-19-12-27(11-17(19)22(30)26(14)2)21(29)16-8-18-20(23-9-16)28(13-24-18)10-15-6-4-3-5-7-15/h3-9,13H,10-12H2,1-2H3. The van der Waals surface area contributed by atoms with E-state index in [1.54, 1.807) is 37.5 Å². The van der Waals surface area contributed by atoms with Crippen LogP contribution in [0.4, 0.5) is 0 Å². The predicted octanol–water partition coefficient (Wildman–Crippen LogP) is 2.04. The van der Waals surface area contributed by atoms with Crippen molar-refractivity contribution in [1.29, 1.82) is 0 Å². The number of hydrogen-bond donors (Lipinski definition) is 0. The zero-order valence-electron chi connectivity index (χ0n) is 16.7. The highest BCUT2D eigenvalue weighted by molar-refractivity contribution is 5.96. The Bertz CT molecular complexity index is 1340. The van der Waals surface area contributed by atoms with Gasteiger partial charge in [-0.2, -0.15) is 0 Å². The molecule has 1 aliphatic heterocycles. The summed E-state index contributed by atoms with van der Waals surface area (Å²) in [6.45, 7) is 3.03. The average molecular weight is 400 g/mol. The summed E-state index contributed by atoms with van der Waals surface area (Å²) >= 11 is 0. The van der Waals surface area contributed by atoms with Gasteiger partial charge >= 0.3 is 0 Å². The zero-order chi connectivity index (χ0) is 20.8. The monoisotopic (exact) mass is 400 g/mol. The van der Waals surface area contributed by atoms with Gasteiger partial charge in [0.05, 0.1) is 42.8 Å². The Hall–Kier alpha value is -3.81. The molecule has 0 saturated heterocycles. The SMILES string of the molecule is Cc1nc2c(c(=O)n1C)CN(C(=O)c1cnc3c(c1)ncn3Cc1ccccc1)C2. The molecule has 8 heteroatoms. The van der Waals surface area contributed by atoms with E-state index in [4.69, 9.17) is 0 Å². The molecular weight excluding hydrogens is 380 g/mol. The van der Waals surface area contributed by atoms with Gasteiger partial charge in [0.25, 0.3) is 11.5 Å². The van der Waals surface area contributed by atoms with Crippen LogP contribution in [0.1, 0.15) is 33.0 Å². The predicted molar refractivity (Wildman–Crippen MR) is 111 cm³/mol. The van der Waals surface area contributed by atoms with Crippen molar-refractivity contribution in [3.05, 3.63) is 87.5 Å². The van der Waals surface area contributed by atoms with Crippen LogP contribution in [-0.2, 0) is 26.7 Å². The molecule has 0 atom stereocenters. The van der Waals surface area contributed by atoms with Gasteiger partial charge in [0.1, 0.15) is 11.3 Å². The Balaban J connectivity index is 1.41. The number of amides is 1. The number of carbonyl (C=O) groups is 1. The van der Waals surface area contributed by atoms with E-state index in [1.807, 2.05) is 22.8 Å². The van der Waals surface area contributed by atoms with Crippen molar-refractivity contribution >= 4 is 17.1 Å². The molecule has 0 spiro atoms. The van der Waals surface area contributed by atoms with Gasteiger partial charge in [-0.3, -0.25) is 14.2 Å². The van der Waals surface area contributed by atoms with E-state index in [1.165, 1.54) is 4.57 Å². The third-order valence-electron chi connectivity index (χ3n) is 5.57. The molecule has 1 aromatic carbocycles. The largest absolute Gasteiger partial charge is 0.328 e. The van der Waals surface area contributed by atoms with Crippen LogP contribution in [0.3, 0.4) is 0 Å². The van der Waals surface area contributed by atoms with E-state index in [0.717, 1.165) is 11.2 Å². The molecule has 0 aliphatic carbocycles. The number of hydrogen-bond acceptors (Lipinski definition) is 5. The normalized spacial score (nSPS) is 13.1. The lowest BCUT2D eigenvalue weighted by atomic mass is 10.2. The van der Waals surface area contributed by atoms with Gasteiger partial charge in [0.15, 0.2) is 5.65 Å². The van der Waals surface area contributed by atoms with Gasteiger partial charge in [0.2, 0.25) is 0 Å². The summed E-state index contributed by atoms with van der Waals surface area (Å²) in [5, 5.41) is 0. The van der Waals surface area contributed by atoms with E-state index in [2.05, 4.69) is 27.1 Å². The van der Waals surface area contributed by atoms with Crippen LogP contribution < -0.4 is 5.56 Å². The molecule has 8 nitrogen and oxygen atoms in total. The molecule has 0 saturated carbocycles. The van der Waals surface area contributed by atoms with Crippen molar-refractivity contribution in [3.63, 3.8) is 0 Å². The summed E-state index contributed by atoms with van der Waals surface area (Å²) in [5.74, 6) is 0.458. The number of benzene rings is 1. The van der Waals surface area contributed by atoms with Crippen molar-refractivity contribution < 1.29 is 4.79 Å². The van der Waals surface area contributed by atoms with Crippen LogP contribution in [-0.4, -0.2) is 34.9 Å². The minimum atomic E-state index is -0.181. The molecule has 0 radical (unpaired) electrons. The quantitative estimate of drug-likeness (QED) is 0.525. The molecule has 3 aromatic heterocycles. The maximum absolute atomic E-state index is 13.1. The molecule has 0 unspecified atom stereocenters. The fraction of sp³-hybridized carbons (Fsp3) is 0.227.